The predicted octanol–water partition coefficient (Wildman–Crippen LogP) is 0.194. The van der Waals surface area contributed by atoms with Gasteiger partial charge in [0.1, 0.15) is 0 Å². The van der Waals surface area contributed by atoms with Crippen LogP contribution in [0.2, 0.25) is 0 Å². The molecule has 0 aromatic carbocycles. The van der Waals surface area contributed by atoms with E-state index in [1.54, 1.807) is 17.3 Å². The maximum atomic E-state index is 12.7. The number of pyridine rings is 1. The number of piperazine rings is 1. The van der Waals surface area contributed by atoms with Crippen molar-refractivity contribution in [2.75, 3.05) is 45.9 Å². The summed E-state index contributed by atoms with van der Waals surface area (Å²) in [6.07, 6.45) is 4.05. The zero-order valence-electron chi connectivity index (χ0n) is 13.8. The van der Waals surface area contributed by atoms with Crippen molar-refractivity contribution in [3.05, 3.63) is 30.1 Å². The number of nitrogens with zero attached hydrogens (tertiary/aromatic N) is 3. The molecule has 0 saturated carbocycles. The van der Waals surface area contributed by atoms with E-state index in [-0.39, 0.29) is 30.7 Å². The topological polar surface area (TPSA) is 74.8 Å². The van der Waals surface area contributed by atoms with Crippen LogP contribution >= 0.6 is 0 Å². The van der Waals surface area contributed by atoms with Crippen molar-refractivity contribution in [1.29, 1.82) is 0 Å². The first-order valence-electron chi connectivity index (χ1n) is 8.51. The van der Waals surface area contributed by atoms with Crippen molar-refractivity contribution in [1.82, 2.24) is 20.1 Å². The van der Waals surface area contributed by atoms with Gasteiger partial charge in [-0.3, -0.25) is 14.6 Å². The van der Waals surface area contributed by atoms with Gasteiger partial charge in [0.15, 0.2) is 0 Å². The normalized spacial score (nSPS) is 21.6. The lowest BCUT2D eigenvalue weighted by Gasteiger charge is -2.36. The van der Waals surface area contributed by atoms with E-state index in [9.17, 15) is 9.59 Å². The molecule has 0 bridgehead atoms. The summed E-state index contributed by atoms with van der Waals surface area (Å²) in [6, 6.07) is 3.86. The first kappa shape index (κ1) is 16.9. The molecule has 2 fully saturated rings. The standard InChI is InChI=1S/C17H24N4O3/c22-16(20-8-10-24-11-9-20)3-4-17(23)21-7-6-19-13-15(21)14-2-1-5-18-12-14/h1-2,5,12,15,19H,3-4,6-11,13H2. The quantitative estimate of drug-likeness (QED) is 0.852. The molecule has 1 N–H and O–H groups in total. The molecule has 3 heterocycles. The summed E-state index contributed by atoms with van der Waals surface area (Å²) in [4.78, 5) is 32.7. The number of carbonyl (C=O) groups is 2. The summed E-state index contributed by atoms with van der Waals surface area (Å²) in [5.74, 6) is 0.0756. The largest absolute Gasteiger partial charge is 0.378 e. The molecule has 7 heteroatoms. The van der Waals surface area contributed by atoms with E-state index < -0.39 is 0 Å². The van der Waals surface area contributed by atoms with Gasteiger partial charge in [0.05, 0.1) is 19.3 Å². The van der Waals surface area contributed by atoms with E-state index in [2.05, 4.69) is 10.3 Å². The van der Waals surface area contributed by atoms with Gasteiger partial charge in [-0.15, -0.1) is 0 Å². The Morgan fingerprint density at radius 3 is 2.75 bits per heavy atom. The van der Waals surface area contributed by atoms with E-state index in [4.69, 9.17) is 4.74 Å². The van der Waals surface area contributed by atoms with Crippen LogP contribution in [-0.4, -0.2) is 72.5 Å². The molecule has 2 amide bonds. The summed E-state index contributed by atoms with van der Waals surface area (Å²) in [5, 5.41) is 3.32. The van der Waals surface area contributed by atoms with Gasteiger partial charge in [0.25, 0.3) is 0 Å². The summed E-state index contributed by atoms with van der Waals surface area (Å²) in [5.41, 5.74) is 1.03. The zero-order chi connectivity index (χ0) is 16.8. The van der Waals surface area contributed by atoms with E-state index in [0.29, 0.717) is 32.8 Å². The lowest BCUT2D eigenvalue weighted by Crippen LogP contribution is -2.49. The van der Waals surface area contributed by atoms with Crippen molar-refractivity contribution < 1.29 is 14.3 Å². The fraction of sp³-hybridized carbons (Fsp3) is 0.588. The Hall–Kier alpha value is -1.99. The number of nitrogens with one attached hydrogen (secondary N) is 1. The second kappa shape index (κ2) is 8.21. The van der Waals surface area contributed by atoms with Crippen LogP contribution in [0.4, 0.5) is 0 Å². The van der Waals surface area contributed by atoms with Crippen LogP contribution < -0.4 is 5.32 Å². The van der Waals surface area contributed by atoms with Crippen molar-refractivity contribution in [3.8, 4) is 0 Å². The van der Waals surface area contributed by atoms with Crippen molar-refractivity contribution >= 4 is 11.8 Å². The molecule has 24 heavy (non-hydrogen) atoms. The molecule has 2 saturated heterocycles. The molecule has 1 aromatic heterocycles. The number of carbonyl (C=O) groups excluding carboxylic acids is 2. The minimum atomic E-state index is -0.0153. The lowest BCUT2D eigenvalue weighted by molar-refractivity contribution is -0.140. The summed E-state index contributed by atoms with van der Waals surface area (Å²) in [6.45, 7) is 4.57. The van der Waals surface area contributed by atoms with Gasteiger partial charge >= 0.3 is 0 Å². The molecule has 1 atom stereocenters. The van der Waals surface area contributed by atoms with Gasteiger partial charge in [0.2, 0.25) is 11.8 Å². The molecule has 130 valence electrons. The maximum absolute atomic E-state index is 12.7. The minimum Gasteiger partial charge on any atom is -0.378 e. The second-order valence-electron chi connectivity index (χ2n) is 6.09. The Kier molecular flexibility index (Phi) is 5.77. The van der Waals surface area contributed by atoms with Crippen molar-refractivity contribution in [2.24, 2.45) is 0 Å². The van der Waals surface area contributed by atoms with Gasteiger partial charge < -0.3 is 19.9 Å². The molecule has 3 rings (SSSR count). The third kappa shape index (κ3) is 4.10. The van der Waals surface area contributed by atoms with Crippen LogP contribution in [0, 0.1) is 0 Å². The maximum Gasteiger partial charge on any atom is 0.223 e. The Morgan fingerprint density at radius 1 is 1.21 bits per heavy atom. The van der Waals surface area contributed by atoms with E-state index in [1.807, 2.05) is 17.0 Å². The molecular weight excluding hydrogens is 308 g/mol. The number of hydrogen-bond acceptors (Lipinski definition) is 5. The number of aromatic nitrogens is 1. The highest BCUT2D eigenvalue weighted by molar-refractivity contribution is 5.84. The average Bonchev–Trinajstić information content (AvgIpc) is 2.67. The number of rotatable bonds is 4. The smallest absolute Gasteiger partial charge is 0.223 e. The Balaban J connectivity index is 1.57. The molecule has 1 aromatic rings. The minimum absolute atomic E-state index is 0.0153. The molecule has 2 aliphatic rings. The highest BCUT2D eigenvalue weighted by Crippen LogP contribution is 2.22. The van der Waals surface area contributed by atoms with Crippen molar-refractivity contribution in [3.63, 3.8) is 0 Å². The Morgan fingerprint density at radius 2 is 2.00 bits per heavy atom. The third-order valence-electron chi connectivity index (χ3n) is 4.55. The van der Waals surface area contributed by atoms with E-state index in [1.165, 1.54) is 0 Å². The molecule has 2 aliphatic heterocycles. The van der Waals surface area contributed by atoms with Crippen LogP contribution in [0.5, 0.6) is 0 Å². The summed E-state index contributed by atoms with van der Waals surface area (Å²) in [7, 11) is 0. The first-order valence-corrected chi connectivity index (χ1v) is 8.51. The highest BCUT2D eigenvalue weighted by atomic mass is 16.5. The average molecular weight is 332 g/mol. The van der Waals surface area contributed by atoms with Gasteiger partial charge in [0, 0.05) is 58.0 Å². The van der Waals surface area contributed by atoms with Crippen LogP contribution in [0.15, 0.2) is 24.5 Å². The van der Waals surface area contributed by atoms with Crippen LogP contribution in [0.3, 0.4) is 0 Å². The molecule has 0 radical (unpaired) electrons. The Labute approximate surface area is 142 Å². The first-order chi connectivity index (χ1) is 11.8. The summed E-state index contributed by atoms with van der Waals surface area (Å²) < 4.78 is 5.25. The molecule has 0 aliphatic carbocycles. The number of ether oxygens (including phenoxy) is 1. The fourth-order valence-electron chi connectivity index (χ4n) is 3.20. The number of morpholine rings is 1. The molecule has 0 spiro atoms. The van der Waals surface area contributed by atoms with Gasteiger partial charge in [-0.1, -0.05) is 6.07 Å². The van der Waals surface area contributed by atoms with E-state index in [0.717, 1.165) is 18.7 Å². The predicted molar refractivity (Wildman–Crippen MR) is 88.2 cm³/mol. The van der Waals surface area contributed by atoms with Crippen LogP contribution in [0.25, 0.3) is 0 Å². The fourth-order valence-corrected chi connectivity index (χ4v) is 3.20. The SMILES string of the molecule is O=C(CCC(=O)N1CCNCC1c1cccnc1)N1CCOCC1. The molecule has 7 nitrogen and oxygen atoms in total. The second-order valence-corrected chi connectivity index (χ2v) is 6.09. The number of amides is 2. The molecule has 1 unspecified atom stereocenters. The lowest BCUT2D eigenvalue weighted by atomic mass is 10.0. The highest BCUT2D eigenvalue weighted by Gasteiger charge is 2.28. The summed E-state index contributed by atoms with van der Waals surface area (Å²) >= 11 is 0. The van der Waals surface area contributed by atoms with Gasteiger partial charge in [-0.2, -0.15) is 0 Å². The Bertz CT molecular complexity index is 560. The molecular formula is C17H24N4O3. The zero-order valence-corrected chi connectivity index (χ0v) is 13.8. The van der Waals surface area contributed by atoms with E-state index >= 15 is 0 Å². The number of hydrogen-bond donors (Lipinski definition) is 1. The van der Waals surface area contributed by atoms with Crippen LogP contribution in [-0.2, 0) is 14.3 Å². The van der Waals surface area contributed by atoms with Crippen molar-refractivity contribution in [2.45, 2.75) is 18.9 Å². The van der Waals surface area contributed by atoms with Gasteiger partial charge in [-0.05, 0) is 11.6 Å². The van der Waals surface area contributed by atoms with Crippen LogP contribution in [0.1, 0.15) is 24.4 Å². The van der Waals surface area contributed by atoms with Gasteiger partial charge in [-0.25, -0.2) is 0 Å². The monoisotopic (exact) mass is 332 g/mol. The third-order valence-corrected chi connectivity index (χ3v) is 4.55.